The van der Waals surface area contributed by atoms with Crippen LogP contribution in [0.15, 0.2) is 54.1 Å². The first-order valence-electron chi connectivity index (χ1n) is 13.5. The van der Waals surface area contributed by atoms with Crippen LogP contribution in [0.1, 0.15) is 64.0 Å². The van der Waals surface area contributed by atoms with Crippen molar-refractivity contribution < 1.29 is 0 Å². The lowest BCUT2D eigenvalue weighted by Gasteiger charge is -2.47. The molecule has 0 radical (unpaired) electrons. The summed E-state index contributed by atoms with van der Waals surface area (Å²) in [6, 6.07) is 18.8. The molecule has 168 valence electrons. The van der Waals surface area contributed by atoms with Crippen molar-refractivity contribution in [3.8, 4) is 0 Å². The van der Waals surface area contributed by atoms with Gasteiger partial charge in [0.25, 0.3) is 0 Å². The van der Waals surface area contributed by atoms with E-state index in [1.165, 1.54) is 43.1 Å². The van der Waals surface area contributed by atoms with Gasteiger partial charge in [0.2, 0.25) is 0 Å². The smallest absolute Gasteiger partial charge is 0.0578 e. The van der Waals surface area contributed by atoms with Gasteiger partial charge in [-0.25, -0.2) is 0 Å². The Kier molecular flexibility index (Phi) is 5.25. The third-order valence-corrected chi connectivity index (χ3v) is 16.6. The predicted octanol–water partition coefficient (Wildman–Crippen LogP) is 9.04. The maximum absolute atomic E-state index is 2.73. The fraction of sp³-hybridized carbons (Fsp3) is 0.548. The van der Waals surface area contributed by atoms with Crippen LogP contribution in [0.2, 0.25) is 23.7 Å². The van der Waals surface area contributed by atoms with E-state index in [0.29, 0.717) is 0 Å². The molecule has 1 saturated heterocycles. The van der Waals surface area contributed by atoms with Gasteiger partial charge in [-0.2, -0.15) is 0 Å². The largest absolute Gasteiger partial charge is 0.0805 e. The third-order valence-electron chi connectivity index (χ3n) is 10.0. The zero-order valence-corrected chi connectivity index (χ0v) is 21.4. The van der Waals surface area contributed by atoms with E-state index in [2.05, 4.69) is 69.3 Å². The molecule has 1 aliphatic heterocycles. The number of hydrogen-bond acceptors (Lipinski definition) is 0. The second kappa shape index (κ2) is 8.01. The molecule has 0 amide bonds. The average molecular weight is 441 g/mol. The average Bonchev–Trinajstić information content (AvgIpc) is 3.16. The van der Waals surface area contributed by atoms with Gasteiger partial charge in [-0.15, -0.1) is 0 Å². The summed E-state index contributed by atoms with van der Waals surface area (Å²) in [5.41, 5.74) is 7.50. The molecule has 6 rings (SSSR count). The molecule has 1 heteroatoms. The van der Waals surface area contributed by atoms with Crippen molar-refractivity contribution >= 4 is 24.4 Å². The van der Waals surface area contributed by atoms with Crippen LogP contribution < -0.4 is 0 Å². The maximum Gasteiger partial charge on any atom is 0.0578 e. The fourth-order valence-electron chi connectivity index (χ4n) is 8.76. The molecule has 0 N–H and O–H groups in total. The highest BCUT2D eigenvalue weighted by molar-refractivity contribution is 6.81. The zero-order valence-electron chi connectivity index (χ0n) is 20.4. The summed E-state index contributed by atoms with van der Waals surface area (Å²) in [5, 5.41) is 3.00. The van der Waals surface area contributed by atoms with Gasteiger partial charge in [0.1, 0.15) is 0 Å². The molecule has 32 heavy (non-hydrogen) atoms. The van der Waals surface area contributed by atoms with Gasteiger partial charge >= 0.3 is 0 Å². The molecule has 0 bridgehead atoms. The molecule has 1 saturated carbocycles. The van der Waals surface area contributed by atoms with Crippen LogP contribution in [-0.4, -0.2) is 8.07 Å². The van der Waals surface area contributed by atoms with Gasteiger partial charge in [-0.3, -0.25) is 0 Å². The Labute approximate surface area is 196 Å². The van der Waals surface area contributed by atoms with Gasteiger partial charge in [-0.05, 0) is 75.1 Å². The van der Waals surface area contributed by atoms with Crippen molar-refractivity contribution in [3.05, 3.63) is 65.3 Å². The predicted molar refractivity (Wildman–Crippen MR) is 142 cm³/mol. The minimum atomic E-state index is -1.27. The minimum absolute atomic E-state index is 0.761. The Balaban J connectivity index is 1.42. The lowest BCUT2D eigenvalue weighted by atomic mass is 9.72. The van der Waals surface area contributed by atoms with Crippen LogP contribution in [-0.2, 0) is 6.42 Å². The van der Waals surface area contributed by atoms with Crippen molar-refractivity contribution in [2.24, 2.45) is 23.7 Å². The van der Waals surface area contributed by atoms with E-state index in [1.54, 1.807) is 40.2 Å². The van der Waals surface area contributed by atoms with Crippen LogP contribution >= 0.6 is 0 Å². The van der Waals surface area contributed by atoms with Gasteiger partial charge in [0.15, 0.2) is 0 Å². The molecule has 1 heterocycles. The molecule has 0 spiro atoms. The van der Waals surface area contributed by atoms with Crippen molar-refractivity contribution in [3.63, 3.8) is 0 Å². The second-order valence-electron chi connectivity index (χ2n) is 11.9. The standard InChI is InChI=1S/C31H40Si/c1-4-21(2)20-32(16-6-5-7-17-32)31-22(3)18-28-26(31)15-14-25-19-24-12-8-10-23-11-9-13-27(29(23)24)30(25)28/h8-15,21-22,26,28,31H,4-7,16-20H2,1-3H3. The molecule has 5 unspecified atom stereocenters. The zero-order chi connectivity index (χ0) is 21.9. The number of benzene rings is 2. The normalized spacial score (nSPS) is 31.5. The summed E-state index contributed by atoms with van der Waals surface area (Å²) < 4.78 is 0. The molecular weight excluding hydrogens is 400 g/mol. The first-order chi connectivity index (χ1) is 15.6. The van der Waals surface area contributed by atoms with Crippen molar-refractivity contribution in [2.45, 2.75) is 83.0 Å². The highest BCUT2D eigenvalue weighted by Crippen LogP contribution is 2.62. The van der Waals surface area contributed by atoms with Crippen molar-refractivity contribution in [1.82, 2.24) is 0 Å². The van der Waals surface area contributed by atoms with Gasteiger partial charge in [-0.1, -0.05) is 113 Å². The third kappa shape index (κ3) is 3.14. The first kappa shape index (κ1) is 21.0. The first-order valence-corrected chi connectivity index (χ1v) is 16.2. The highest BCUT2D eigenvalue weighted by Gasteiger charge is 2.54. The molecular formula is C31H40Si. The lowest BCUT2D eigenvalue weighted by Crippen LogP contribution is -2.46. The molecule has 3 aliphatic carbocycles. The second-order valence-corrected chi connectivity index (χ2v) is 16.7. The van der Waals surface area contributed by atoms with E-state index in [4.69, 9.17) is 0 Å². The van der Waals surface area contributed by atoms with Gasteiger partial charge in [0, 0.05) is 0 Å². The Hall–Kier alpha value is -1.60. The topological polar surface area (TPSA) is 0 Å². The van der Waals surface area contributed by atoms with Crippen molar-refractivity contribution in [1.29, 1.82) is 0 Å². The van der Waals surface area contributed by atoms with Crippen LogP contribution in [0.4, 0.5) is 0 Å². The Morgan fingerprint density at radius 2 is 1.81 bits per heavy atom. The number of rotatable bonds is 4. The number of fused-ring (bicyclic) bond motifs is 3. The van der Waals surface area contributed by atoms with Crippen molar-refractivity contribution in [2.75, 3.05) is 0 Å². The molecule has 2 aromatic carbocycles. The Morgan fingerprint density at radius 3 is 2.59 bits per heavy atom. The van der Waals surface area contributed by atoms with E-state index in [0.717, 1.165) is 35.6 Å². The highest BCUT2D eigenvalue weighted by atomic mass is 28.3. The van der Waals surface area contributed by atoms with Gasteiger partial charge in [0.05, 0.1) is 8.07 Å². The summed E-state index contributed by atoms with van der Waals surface area (Å²) in [7, 11) is -1.27. The van der Waals surface area contributed by atoms with E-state index >= 15 is 0 Å². The summed E-state index contributed by atoms with van der Waals surface area (Å²) in [6.07, 6.45) is 13.8. The van der Waals surface area contributed by atoms with E-state index < -0.39 is 8.07 Å². The Bertz CT molecular complexity index is 1080. The molecule has 4 aliphatic rings. The van der Waals surface area contributed by atoms with Crippen LogP contribution in [0.5, 0.6) is 0 Å². The van der Waals surface area contributed by atoms with Crippen LogP contribution in [0, 0.1) is 23.7 Å². The summed E-state index contributed by atoms with van der Waals surface area (Å²) in [5.74, 6) is 3.38. The molecule has 5 atom stereocenters. The van der Waals surface area contributed by atoms with Gasteiger partial charge < -0.3 is 0 Å². The number of hydrogen-bond donors (Lipinski definition) is 0. The van der Waals surface area contributed by atoms with Crippen LogP contribution in [0.25, 0.3) is 16.3 Å². The Morgan fingerprint density at radius 1 is 1.03 bits per heavy atom. The summed E-state index contributed by atoms with van der Waals surface area (Å²) in [4.78, 5) is 0. The van der Waals surface area contributed by atoms with Crippen LogP contribution in [0.3, 0.4) is 0 Å². The van der Waals surface area contributed by atoms with E-state index in [-0.39, 0.29) is 0 Å². The molecule has 2 fully saturated rings. The SMILES string of the molecule is CCC(C)C[Si]1(C2C(C)CC3C4=C(C=CC32)Cc2cccc3cccc4c23)CCCCC1. The quantitative estimate of drug-likeness (QED) is 0.416. The number of allylic oxidation sites excluding steroid dienone is 4. The fourth-order valence-corrected chi connectivity index (χ4v) is 16.4. The molecule has 0 nitrogen and oxygen atoms in total. The van der Waals surface area contributed by atoms with E-state index in [9.17, 15) is 0 Å². The lowest BCUT2D eigenvalue weighted by molar-refractivity contribution is 0.507. The summed E-state index contributed by atoms with van der Waals surface area (Å²) in [6.45, 7) is 7.62. The minimum Gasteiger partial charge on any atom is -0.0805 e. The molecule has 0 aromatic heterocycles. The van der Waals surface area contributed by atoms with E-state index in [1.807, 2.05) is 0 Å². The maximum atomic E-state index is 2.73. The molecule has 2 aromatic rings. The summed E-state index contributed by atoms with van der Waals surface area (Å²) >= 11 is 0. The monoisotopic (exact) mass is 440 g/mol.